The normalized spacial score (nSPS) is 10.4. The summed E-state index contributed by atoms with van der Waals surface area (Å²) in [6.07, 6.45) is 2.35. The Hall–Kier alpha value is -2.24. The summed E-state index contributed by atoms with van der Waals surface area (Å²) in [5.41, 5.74) is 0.277. The Balaban J connectivity index is 2.60. The third-order valence-electron chi connectivity index (χ3n) is 2.05. The van der Waals surface area contributed by atoms with Gasteiger partial charge in [-0.1, -0.05) is 5.16 Å². The summed E-state index contributed by atoms with van der Waals surface area (Å²) in [4.78, 5) is 14.6. The van der Waals surface area contributed by atoms with Gasteiger partial charge in [0.2, 0.25) is 0 Å². The van der Waals surface area contributed by atoms with E-state index in [1.807, 2.05) is 0 Å². The van der Waals surface area contributed by atoms with E-state index in [0.717, 1.165) is 12.3 Å². The van der Waals surface area contributed by atoms with Gasteiger partial charge in [0, 0.05) is 11.8 Å². The molecule has 2 heterocycles. The molecule has 1 N–H and O–H groups in total. The third kappa shape index (κ3) is 1.65. The van der Waals surface area contributed by atoms with Crippen molar-refractivity contribution in [2.75, 3.05) is 0 Å². The van der Waals surface area contributed by atoms with Gasteiger partial charge in [-0.3, -0.25) is 4.98 Å². The maximum atomic E-state index is 12.9. The molecular weight excluding hydrogens is 215 g/mol. The van der Waals surface area contributed by atoms with Gasteiger partial charge in [-0.25, -0.2) is 9.18 Å². The first-order valence-corrected chi connectivity index (χ1v) is 4.40. The summed E-state index contributed by atoms with van der Waals surface area (Å²) >= 11 is 0. The standard InChI is InChI=1S/C10H7FN2O3/c1-5-8(10(14)15)9(13-16-5)6-2-7(11)4-12-3-6/h2-4H,1H3,(H,14,15). The second-order valence-corrected chi connectivity index (χ2v) is 3.16. The van der Waals surface area contributed by atoms with E-state index in [4.69, 9.17) is 9.63 Å². The van der Waals surface area contributed by atoms with Crippen molar-refractivity contribution in [2.24, 2.45) is 0 Å². The number of carboxylic acid groups (broad SMARTS) is 1. The van der Waals surface area contributed by atoms with Crippen molar-refractivity contribution < 1.29 is 18.8 Å². The van der Waals surface area contributed by atoms with Crippen LogP contribution in [0.1, 0.15) is 16.1 Å². The second-order valence-electron chi connectivity index (χ2n) is 3.16. The molecule has 0 unspecified atom stereocenters. The van der Waals surface area contributed by atoms with E-state index in [1.165, 1.54) is 13.1 Å². The lowest BCUT2D eigenvalue weighted by Gasteiger charge is -1.97. The zero-order valence-corrected chi connectivity index (χ0v) is 8.27. The minimum atomic E-state index is -1.17. The number of aryl methyl sites for hydroxylation is 1. The molecule has 0 aliphatic heterocycles. The van der Waals surface area contributed by atoms with Crippen LogP contribution in [0, 0.1) is 12.7 Å². The van der Waals surface area contributed by atoms with Gasteiger partial charge in [0.05, 0.1) is 6.20 Å². The minimum Gasteiger partial charge on any atom is -0.477 e. The Labute approximate surface area is 89.5 Å². The van der Waals surface area contributed by atoms with Gasteiger partial charge >= 0.3 is 5.97 Å². The SMILES string of the molecule is Cc1onc(-c2cncc(F)c2)c1C(=O)O. The Bertz CT molecular complexity index is 551. The molecular formula is C10H7FN2O3. The van der Waals surface area contributed by atoms with Gasteiger partial charge in [0.1, 0.15) is 22.8 Å². The molecule has 0 aliphatic rings. The van der Waals surface area contributed by atoms with Crippen LogP contribution in [0.4, 0.5) is 4.39 Å². The zero-order chi connectivity index (χ0) is 11.7. The van der Waals surface area contributed by atoms with Crippen LogP contribution in [0.2, 0.25) is 0 Å². The van der Waals surface area contributed by atoms with Crippen molar-refractivity contribution in [3.8, 4) is 11.3 Å². The molecule has 0 spiro atoms. The van der Waals surface area contributed by atoms with E-state index >= 15 is 0 Å². The third-order valence-corrected chi connectivity index (χ3v) is 2.05. The van der Waals surface area contributed by atoms with Gasteiger partial charge in [-0.05, 0) is 13.0 Å². The molecule has 0 radical (unpaired) electrons. The van der Waals surface area contributed by atoms with Crippen LogP contribution in [-0.2, 0) is 0 Å². The monoisotopic (exact) mass is 222 g/mol. The maximum Gasteiger partial charge on any atom is 0.341 e. The van der Waals surface area contributed by atoms with Gasteiger partial charge < -0.3 is 9.63 Å². The van der Waals surface area contributed by atoms with E-state index in [9.17, 15) is 9.18 Å². The highest BCUT2D eigenvalue weighted by atomic mass is 19.1. The van der Waals surface area contributed by atoms with E-state index in [-0.39, 0.29) is 22.6 Å². The number of rotatable bonds is 2. The van der Waals surface area contributed by atoms with Crippen molar-refractivity contribution in [1.29, 1.82) is 0 Å². The predicted molar refractivity (Wildman–Crippen MR) is 51.4 cm³/mol. The van der Waals surface area contributed by atoms with Gasteiger partial charge in [0.25, 0.3) is 0 Å². The number of aromatic nitrogens is 2. The van der Waals surface area contributed by atoms with Crippen molar-refractivity contribution in [3.63, 3.8) is 0 Å². The molecule has 0 atom stereocenters. The number of carbonyl (C=O) groups is 1. The number of halogens is 1. The van der Waals surface area contributed by atoms with Crippen LogP contribution in [0.15, 0.2) is 23.0 Å². The van der Waals surface area contributed by atoms with Gasteiger partial charge in [-0.2, -0.15) is 0 Å². The maximum absolute atomic E-state index is 12.9. The topological polar surface area (TPSA) is 76.2 Å². The Morgan fingerprint density at radius 1 is 1.50 bits per heavy atom. The molecule has 2 aromatic heterocycles. The first-order valence-electron chi connectivity index (χ1n) is 4.40. The van der Waals surface area contributed by atoms with Crippen molar-refractivity contribution in [3.05, 3.63) is 35.6 Å². The molecule has 0 bridgehead atoms. The highest BCUT2D eigenvalue weighted by Gasteiger charge is 2.21. The summed E-state index contributed by atoms with van der Waals surface area (Å²) in [5, 5.41) is 12.5. The average molecular weight is 222 g/mol. The molecule has 0 saturated heterocycles. The molecule has 0 fully saturated rings. The smallest absolute Gasteiger partial charge is 0.341 e. The van der Waals surface area contributed by atoms with Crippen LogP contribution in [0.25, 0.3) is 11.3 Å². The lowest BCUT2D eigenvalue weighted by molar-refractivity contribution is 0.0696. The molecule has 2 rings (SSSR count). The van der Waals surface area contributed by atoms with Crippen molar-refractivity contribution in [1.82, 2.24) is 10.1 Å². The Morgan fingerprint density at radius 3 is 2.88 bits per heavy atom. The molecule has 16 heavy (non-hydrogen) atoms. The molecule has 2 aromatic rings. The lowest BCUT2D eigenvalue weighted by atomic mass is 10.1. The number of carboxylic acids is 1. The quantitative estimate of drug-likeness (QED) is 0.839. The van der Waals surface area contributed by atoms with Crippen LogP contribution in [0.5, 0.6) is 0 Å². The van der Waals surface area contributed by atoms with E-state index in [0.29, 0.717) is 0 Å². The van der Waals surface area contributed by atoms with E-state index in [1.54, 1.807) is 0 Å². The molecule has 0 aliphatic carbocycles. The number of pyridine rings is 1. The fourth-order valence-electron chi connectivity index (χ4n) is 1.36. The van der Waals surface area contributed by atoms with E-state index < -0.39 is 11.8 Å². The number of nitrogens with zero attached hydrogens (tertiary/aromatic N) is 2. The van der Waals surface area contributed by atoms with Gasteiger partial charge in [-0.15, -0.1) is 0 Å². The minimum absolute atomic E-state index is 0.0765. The molecule has 0 saturated carbocycles. The fourth-order valence-corrected chi connectivity index (χ4v) is 1.36. The fraction of sp³-hybridized carbons (Fsp3) is 0.100. The lowest BCUT2D eigenvalue weighted by Crippen LogP contribution is -1.99. The van der Waals surface area contributed by atoms with E-state index in [2.05, 4.69) is 10.1 Å². The van der Waals surface area contributed by atoms with Crippen LogP contribution in [0.3, 0.4) is 0 Å². The predicted octanol–water partition coefficient (Wildman–Crippen LogP) is 1.88. The number of aromatic carboxylic acids is 1. The molecule has 6 heteroatoms. The first kappa shape index (κ1) is 10.3. The molecule has 0 amide bonds. The van der Waals surface area contributed by atoms with Crippen molar-refractivity contribution in [2.45, 2.75) is 6.92 Å². The highest BCUT2D eigenvalue weighted by Crippen LogP contribution is 2.24. The number of hydrogen-bond acceptors (Lipinski definition) is 4. The van der Waals surface area contributed by atoms with Crippen LogP contribution >= 0.6 is 0 Å². The largest absolute Gasteiger partial charge is 0.477 e. The molecule has 0 aromatic carbocycles. The van der Waals surface area contributed by atoms with Gasteiger partial charge in [0.15, 0.2) is 0 Å². The summed E-state index contributed by atoms with van der Waals surface area (Å²) in [7, 11) is 0. The zero-order valence-electron chi connectivity index (χ0n) is 8.27. The summed E-state index contributed by atoms with van der Waals surface area (Å²) in [6, 6.07) is 1.15. The molecule has 5 nitrogen and oxygen atoms in total. The van der Waals surface area contributed by atoms with Crippen LogP contribution < -0.4 is 0 Å². The molecule has 82 valence electrons. The second kappa shape index (κ2) is 3.73. The number of hydrogen-bond donors (Lipinski definition) is 1. The summed E-state index contributed by atoms with van der Waals surface area (Å²) < 4.78 is 17.7. The first-order chi connectivity index (χ1) is 7.59. The average Bonchev–Trinajstić information content (AvgIpc) is 2.60. The van der Waals surface area contributed by atoms with Crippen LogP contribution in [-0.4, -0.2) is 21.2 Å². The Morgan fingerprint density at radius 2 is 2.25 bits per heavy atom. The summed E-state index contributed by atoms with van der Waals surface area (Å²) in [6.45, 7) is 1.48. The summed E-state index contributed by atoms with van der Waals surface area (Å²) in [5.74, 6) is -1.56. The highest BCUT2D eigenvalue weighted by molar-refractivity contribution is 5.95. The Kier molecular flexibility index (Phi) is 2.40. The van der Waals surface area contributed by atoms with Crippen molar-refractivity contribution >= 4 is 5.97 Å².